The smallest absolute Gasteiger partial charge is 0.310 e. The van der Waals surface area contributed by atoms with Gasteiger partial charge in [0, 0.05) is 37.8 Å². The van der Waals surface area contributed by atoms with E-state index >= 15 is 0 Å². The van der Waals surface area contributed by atoms with Gasteiger partial charge in [0.2, 0.25) is 11.8 Å². The molecular weight excluding hydrogens is 815 g/mol. The SMILES string of the molecule is CCCCCCCCC(CCCCCC)C(=O)NC(CCSCC(CC(=O)OCCC(C)CCCC(C)C)C(=O)OCCC(C)CCCC(C)C)C(=O)NCCN(CCO)CCO. The van der Waals surface area contributed by atoms with Gasteiger partial charge in [-0.05, 0) is 61.5 Å². The Morgan fingerprint density at radius 1 is 0.571 bits per heavy atom. The molecule has 12 heteroatoms. The maximum absolute atomic E-state index is 14.0. The Balaban J connectivity index is 5.84. The first-order valence-corrected chi connectivity index (χ1v) is 26.8. The van der Waals surface area contributed by atoms with E-state index in [1.807, 2.05) is 4.90 Å². The minimum atomic E-state index is -0.771. The zero-order valence-electron chi connectivity index (χ0n) is 41.9. The fraction of sp³-hybridized carbons (Fsp3) is 0.922. The average molecular weight is 914 g/mol. The number of unbranched alkanes of at least 4 members (excludes halogenated alkanes) is 8. The van der Waals surface area contributed by atoms with E-state index in [-0.39, 0.29) is 37.4 Å². The van der Waals surface area contributed by atoms with E-state index in [1.165, 1.54) is 50.3 Å². The highest BCUT2D eigenvalue weighted by atomic mass is 32.2. The molecule has 0 aromatic heterocycles. The van der Waals surface area contributed by atoms with Crippen molar-refractivity contribution in [1.82, 2.24) is 15.5 Å². The van der Waals surface area contributed by atoms with Crippen LogP contribution in [-0.4, -0.2) is 109 Å². The van der Waals surface area contributed by atoms with Crippen LogP contribution < -0.4 is 10.6 Å². The molecule has 0 radical (unpaired) electrons. The lowest BCUT2D eigenvalue weighted by molar-refractivity contribution is -0.154. The fourth-order valence-electron chi connectivity index (χ4n) is 7.82. The number of aliphatic hydroxyl groups excluding tert-OH is 2. The zero-order valence-corrected chi connectivity index (χ0v) is 42.7. The van der Waals surface area contributed by atoms with Gasteiger partial charge >= 0.3 is 11.9 Å². The Hall–Kier alpha value is -1.89. The molecule has 5 unspecified atom stereocenters. The molecule has 0 saturated heterocycles. The standard InChI is InChI=1S/C51H99N3O8S/c1-9-11-13-15-16-18-26-45(25-17-14-12-10-2)49(58)53-47(50(59)52-30-31-54(32-34-55)33-35-56)29-38-63-40-46(51(60)62-37-28-44(8)24-20-22-42(5)6)39-48(57)61-36-27-43(7)23-19-21-41(3)4/h41-47,55-56H,9-40H2,1-8H3,(H,52,59)(H,53,58). The first-order valence-electron chi connectivity index (χ1n) is 25.7. The molecule has 0 rings (SSSR count). The van der Waals surface area contributed by atoms with Crippen LogP contribution in [0.2, 0.25) is 0 Å². The summed E-state index contributed by atoms with van der Waals surface area (Å²) >= 11 is 1.49. The van der Waals surface area contributed by atoms with Crippen molar-refractivity contribution in [2.45, 2.75) is 203 Å². The second kappa shape index (κ2) is 41.5. The maximum Gasteiger partial charge on any atom is 0.310 e. The molecule has 2 amide bonds. The van der Waals surface area contributed by atoms with Crippen molar-refractivity contribution < 1.29 is 38.9 Å². The molecule has 0 aliphatic rings. The quantitative estimate of drug-likeness (QED) is 0.0343. The summed E-state index contributed by atoms with van der Waals surface area (Å²) in [5.41, 5.74) is 0. The Kier molecular flexibility index (Phi) is 40.3. The lowest BCUT2D eigenvalue weighted by Crippen LogP contribution is -2.50. The molecule has 0 aliphatic heterocycles. The number of thioether (sulfide) groups is 1. The molecule has 4 N–H and O–H groups in total. The number of nitrogens with zero attached hydrogens (tertiary/aromatic N) is 1. The number of hydrogen-bond acceptors (Lipinski definition) is 10. The highest BCUT2D eigenvalue weighted by Crippen LogP contribution is 2.22. The van der Waals surface area contributed by atoms with E-state index in [4.69, 9.17) is 9.47 Å². The average Bonchev–Trinajstić information content (AvgIpc) is 3.23. The highest BCUT2D eigenvalue weighted by Gasteiger charge is 2.28. The van der Waals surface area contributed by atoms with E-state index in [2.05, 4.69) is 66.0 Å². The van der Waals surface area contributed by atoms with Crippen LogP contribution in [0.4, 0.5) is 0 Å². The first kappa shape index (κ1) is 61.1. The van der Waals surface area contributed by atoms with Gasteiger partial charge in [-0.1, -0.05) is 158 Å². The molecule has 0 bridgehead atoms. The Bertz CT molecular complexity index is 1120. The van der Waals surface area contributed by atoms with Crippen LogP contribution >= 0.6 is 11.8 Å². The number of ether oxygens (including phenoxy) is 2. The third kappa shape index (κ3) is 36.0. The summed E-state index contributed by atoms with van der Waals surface area (Å²) in [5.74, 6) is 1.06. The number of rotatable bonds is 44. The van der Waals surface area contributed by atoms with Crippen molar-refractivity contribution in [3.8, 4) is 0 Å². The van der Waals surface area contributed by atoms with Crippen molar-refractivity contribution >= 4 is 35.5 Å². The van der Waals surface area contributed by atoms with E-state index in [0.717, 1.165) is 89.9 Å². The van der Waals surface area contributed by atoms with E-state index in [1.54, 1.807) is 0 Å². The fourth-order valence-corrected chi connectivity index (χ4v) is 8.93. The zero-order chi connectivity index (χ0) is 47.1. The molecule has 0 heterocycles. The first-order chi connectivity index (χ1) is 30.3. The number of amides is 2. The normalized spacial score (nSPS) is 14.1. The van der Waals surface area contributed by atoms with Crippen molar-refractivity contribution in [3.05, 3.63) is 0 Å². The van der Waals surface area contributed by atoms with Crippen molar-refractivity contribution in [1.29, 1.82) is 0 Å². The summed E-state index contributed by atoms with van der Waals surface area (Å²) in [5, 5.41) is 25.0. The highest BCUT2D eigenvalue weighted by molar-refractivity contribution is 7.99. The number of hydrogen-bond donors (Lipinski definition) is 4. The predicted molar refractivity (Wildman–Crippen MR) is 263 cm³/mol. The monoisotopic (exact) mass is 914 g/mol. The largest absolute Gasteiger partial charge is 0.466 e. The van der Waals surface area contributed by atoms with Gasteiger partial charge in [-0.3, -0.25) is 24.1 Å². The Morgan fingerprint density at radius 2 is 1.10 bits per heavy atom. The summed E-state index contributed by atoms with van der Waals surface area (Å²) in [4.78, 5) is 56.3. The molecule has 0 saturated carbocycles. The van der Waals surface area contributed by atoms with Gasteiger partial charge in [-0.25, -0.2) is 0 Å². The van der Waals surface area contributed by atoms with Crippen LogP contribution in [0.25, 0.3) is 0 Å². The summed E-state index contributed by atoms with van der Waals surface area (Å²) in [6.45, 7) is 19.8. The van der Waals surface area contributed by atoms with Gasteiger partial charge in [0.15, 0.2) is 0 Å². The second-order valence-corrected chi connectivity index (χ2v) is 20.5. The van der Waals surface area contributed by atoms with Crippen molar-refractivity contribution in [3.63, 3.8) is 0 Å². The van der Waals surface area contributed by atoms with Crippen LogP contribution in [0.3, 0.4) is 0 Å². The Morgan fingerprint density at radius 3 is 1.63 bits per heavy atom. The number of carbonyl (C=O) groups excluding carboxylic acids is 4. The van der Waals surface area contributed by atoms with Gasteiger partial charge in [-0.15, -0.1) is 0 Å². The maximum atomic E-state index is 14.0. The summed E-state index contributed by atoms with van der Waals surface area (Å²) < 4.78 is 11.5. The Labute approximate surface area is 390 Å². The van der Waals surface area contributed by atoms with Gasteiger partial charge in [-0.2, -0.15) is 11.8 Å². The summed E-state index contributed by atoms with van der Waals surface area (Å²) in [6.07, 6.45) is 21.6. The third-order valence-electron chi connectivity index (χ3n) is 12.2. The lowest BCUT2D eigenvalue weighted by Gasteiger charge is -2.24. The van der Waals surface area contributed by atoms with Crippen LogP contribution in [0.1, 0.15) is 197 Å². The van der Waals surface area contributed by atoms with Crippen LogP contribution in [0, 0.1) is 35.5 Å². The molecular formula is C51H99N3O8S. The summed E-state index contributed by atoms with van der Waals surface area (Å²) in [6, 6.07) is -0.771. The molecule has 0 aromatic rings. The van der Waals surface area contributed by atoms with E-state index in [0.29, 0.717) is 81.0 Å². The van der Waals surface area contributed by atoms with Gasteiger partial charge < -0.3 is 30.3 Å². The molecule has 0 aromatic carbocycles. The molecule has 372 valence electrons. The van der Waals surface area contributed by atoms with Crippen LogP contribution in [0.5, 0.6) is 0 Å². The second-order valence-electron chi connectivity index (χ2n) is 19.3. The molecule has 11 nitrogen and oxygen atoms in total. The molecule has 63 heavy (non-hydrogen) atoms. The molecule has 0 fully saturated rings. The van der Waals surface area contributed by atoms with Gasteiger partial charge in [0.1, 0.15) is 6.04 Å². The molecule has 5 atom stereocenters. The van der Waals surface area contributed by atoms with Crippen molar-refractivity contribution in [2.75, 3.05) is 64.1 Å². The van der Waals surface area contributed by atoms with Crippen LogP contribution in [0.15, 0.2) is 0 Å². The van der Waals surface area contributed by atoms with Crippen LogP contribution in [-0.2, 0) is 28.7 Å². The van der Waals surface area contributed by atoms with E-state index in [9.17, 15) is 29.4 Å². The summed E-state index contributed by atoms with van der Waals surface area (Å²) in [7, 11) is 0. The minimum Gasteiger partial charge on any atom is -0.466 e. The predicted octanol–water partition coefficient (Wildman–Crippen LogP) is 10.1. The van der Waals surface area contributed by atoms with E-state index < -0.39 is 23.9 Å². The van der Waals surface area contributed by atoms with Gasteiger partial charge in [0.05, 0.1) is 38.8 Å². The topological polar surface area (TPSA) is 154 Å². The van der Waals surface area contributed by atoms with Gasteiger partial charge in [0.25, 0.3) is 0 Å². The number of esters is 2. The molecule has 0 aliphatic carbocycles. The van der Waals surface area contributed by atoms with Crippen molar-refractivity contribution in [2.24, 2.45) is 35.5 Å². The third-order valence-corrected chi connectivity index (χ3v) is 13.3. The lowest BCUT2D eigenvalue weighted by atomic mass is 9.93. The molecule has 0 spiro atoms. The number of nitrogens with one attached hydrogen (secondary N) is 2. The number of carbonyl (C=O) groups is 4. The minimum absolute atomic E-state index is 0.0519. The number of aliphatic hydroxyl groups is 2.